The Bertz CT molecular complexity index is 764. The maximum absolute atomic E-state index is 12.1. The fraction of sp³-hybridized carbons (Fsp3) is 0.0625. The Kier molecular flexibility index (Phi) is 3.39. The summed E-state index contributed by atoms with van der Waals surface area (Å²) in [6.45, 7) is 0. The van der Waals surface area contributed by atoms with Crippen molar-refractivity contribution in [2.45, 2.75) is 6.42 Å². The van der Waals surface area contributed by atoms with Crippen molar-refractivity contribution in [3.05, 3.63) is 59.5 Å². The van der Waals surface area contributed by atoms with Gasteiger partial charge in [0.15, 0.2) is 0 Å². The van der Waals surface area contributed by atoms with Crippen molar-refractivity contribution in [2.75, 3.05) is 11.1 Å². The van der Waals surface area contributed by atoms with E-state index < -0.39 is 0 Å². The first-order valence-electron chi connectivity index (χ1n) is 6.33. The molecule has 0 aliphatic heterocycles. The van der Waals surface area contributed by atoms with Crippen molar-refractivity contribution in [1.82, 2.24) is 0 Å². The third kappa shape index (κ3) is 2.51. The second-order valence-electron chi connectivity index (χ2n) is 4.57. The van der Waals surface area contributed by atoms with Gasteiger partial charge in [0.2, 0.25) is 5.91 Å². The summed E-state index contributed by atoms with van der Waals surface area (Å²) in [5.74, 6) is -0.0496. The highest BCUT2D eigenvalue weighted by Crippen LogP contribution is 2.26. The van der Waals surface area contributed by atoms with Crippen LogP contribution < -0.4 is 11.1 Å². The monoisotopic (exact) mass is 282 g/mol. The van der Waals surface area contributed by atoms with Crippen molar-refractivity contribution in [3.63, 3.8) is 0 Å². The first-order valence-corrected chi connectivity index (χ1v) is 7.21. The van der Waals surface area contributed by atoms with Crippen LogP contribution in [0.5, 0.6) is 0 Å². The molecule has 0 atom stereocenters. The van der Waals surface area contributed by atoms with Crippen molar-refractivity contribution in [2.24, 2.45) is 0 Å². The number of fused-ring (bicyclic) bond motifs is 1. The molecule has 0 aliphatic carbocycles. The largest absolute Gasteiger partial charge is 0.397 e. The molecule has 0 unspecified atom stereocenters. The molecule has 0 saturated carbocycles. The first kappa shape index (κ1) is 12.7. The van der Waals surface area contributed by atoms with Gasteiger partial charge < -0.3 is 11.1 Å². The van der Waals surface area contributed by atoms with Crippen molar-refractivity contribution in [1.29, 1.82) is 0 Å². The maximum Gasteiger partial charge on any atom is 0.228 e. The Hall–Kier alpha value is -2.33. The van der Waals surface area contributed by atoms with E-state index in [4.69, 9.17) is 5.73 Å². The van der Waals surface area contributed by atoms with E-state index in [9.17, 15) is 4.79 Å². The average molecular weight is 282 g/mol. The number of nitrogens with two attached hydrogens (primary N) is 1. The number of para-hydroxylation sites is 2. The Morgan fingerprint density at radius 2 is 1.85 bits per heavy atom. The second kappa shape index (κ2) is 5.35. The number of hydrogen-bond acceptors (Lipinski definition) is 3. The van der Waals surface area contributed by atoms with Crippen molar-refractivity contribution < 1.29 is 4.79 Å². The van der Waals surface area contributed by atoms with Crippen molar-refractivity contribution in [3.8, 4) is 0 Å². The molecule has 0 aliphatic rings. The maximum atomic E-state index is 12.1. The smallest absolute Gasteiger partial charge is 0.228 e. The van der Waals surface area contributed by atoms with Gasteiger partial charge in [0.05, 0.1) is 17.8 Å². The van der Waals surface area contributed by atoms with E-state index in [0.29, 0.717) is 17.8 Å². The molecule has 0 spiro atoms. The summed E-state index contributed by atoms with van der Waals surface area (Å²) in [6, 6.07) is 15.4. The molecule has 1 heterocycles. The van der Waals surface area contributed by atoms with Crippen molar-refractivity contribution >= 4 is 38.7 Å². The zero-order chi connectivity index (χ0) is 13.9. The van der Waals surface area contributed by atoms with Gasteiger partial charge in [-0.25, -0.2) is 0 Å². The highest BCUT2D eigenvalue weighted by Gasteiger charge is 2.09. The molecule has 100 valence electrons. The van der Waals surface area contributed by atoms with E-state index in [2.05, 4.69) is 11.4 Å². The van der Waals surface area contributed by atoms with Crippen LogP contribution in [-0.2, 0) is 11.2 Å². The lowest BCUT2D eigenvalue weighted by molar-refractivity contribution is -0.115. The number of hydrogen-bond donors (Lipinski definition) is 2. The number of carbonyl (C=O) groups is 1. The summed E-state index contributed by atoms with van der Waals surface area (Å²) in [6.07, 6.45) is 0.359. The molecule has 0 bridgehead atoms. The minimum absolute atomic E-state index is 0.0496. The molecule has 1 aromatic heterocycles. The highest BCUT2D eigenvalue weighted by atomic mass is 32.1. The molecule has 2 aromatic carbocycles. The fourth-order valence-electron chi connectivity index (χ4n) is 2.15. The van der Waals surface area contributed by atoms with Crippen LogP contribution in [0.2, 0.25) is 0 Å². The minimum atomic E-state index is -0.0496. The molecule has 0 saturated heterocycles. The Balaban J connectivity index is 1.78. The Morgan fingerprint density at radius 1 is 1.10 bits per heavy atom. The van der Waals surface area contributed by atoms with E-state index >= 15 is 0 Å². The van der Waals surface area contributed by atoms with E-state index in [1.54, 1.807) is 23.5 Å². The molecule has 3 N–H and O–H groups in total. The fourth-order valence-corrected chi connectivity index (χ4v) is 3.11. The lowest BCUT2D eigenvalue weighted by Crippen LogP contribution is -2.15. The van der Waals surface area contributed by atoms with E-state index in [-0.39, 0.29) is 5.91 Å². The predicted molar refractivity (Wildman–Crippen MR) is 85.0 cm³/mol. The third-order valence-corrected chi connectivity index (χ3v) is 4.16. The lowest BCUT2D eigenvalue weighted by atomic mass is 10.1. The molecule has 0 radical (unpaired) electrons. The topological polar surface area (TPSA) is 55.1 Å². The molecule has 1 amide bonds. The number of rotatable bonds is 3. The summed E-state index contributed by atoms with van der Waals surface area (Å²) >= 11 is 1.66. The summed E-state index contributed by atoms with van der Waals surface area (Å²) in [7, 11) is 0. The van der Waals surface area contributed by atoms with Gasteiger partial charge in [-0.3, -0.25) is 4.79 Å². The van der Waals surface area contributed by atoms with Crippen LogP contribution in [0.15, 0.2) is 53.9 Å². The van der Waals surface area contributed by atoms with Gasteiger partial charge in [-0.2, -0.15) is 0 Å². The number of amides is 1. The molecular formula is C16H14N2OS. The molecule has 3 rings (SSSR count). The highest BCUT2D eigenvalue weighted by molar-refractivity contribution is 7.17. The number of thiophene rings is 1. The van der Waals surface area contributed by atoms with Crippen LogP contribution in [0.1, 0.15) is 5.56 Å². The molecule has 20 heavy (non-hydrogen) atoms. The molecular weight excluding hydrogens is 268 g/mol. The third-order valence-electron chi connectivity index (χ3n) is 3.15. The number of anilines is 2. The van der Waals surface area contributed by atoms with E-state index in [1.165, 1.54) is 4.70 Å². The van der Waals surface area contributed by atoms with Crippen LogP contribution in [0.25, 0.3) is 10.1 Å². The molecule has 3 aromatic rings. The Morgan fingerprint density at radius 3 is 2.70 bits per heavy atom. The zero-order valence-corrected chi connectivity index (χ0v) is 11.6. The van der Waals surface area contributed by atoms with Gasteiger partial charge in [-0.1, -0.05) is 30.3 Å². The number of carbonyl (C=O) groups excluding carboxylic acids is 1. The van der Waals surface area contributed by atoms with Crippen LogP contribution in [0, 0.1) is 0 Å². The average Bonchev–Trinajstić information content (AvgIpc) is 2.85. The second-order valence-corrected chi connectivity index (χ2v) is 5.48. The zero-order valence-electron chi connectivity index (χ0n) is 10.8. The lowest BCUT2D eigenvalue weighted by Gasteiger charge is -2.07. The first-order chi connectivity index (χ1) is 9.74. The molecule has 3 nitrogen and oxygen atoms in total. The molecule has 4 heteroatoms. The molecule has 0 fully saturated rings. The normalized spacial score (nSPS) is 10.6. The SMILES string of the molecule is Nc1ccccc1NC(=O)Cc1csc2ccccc12. The van der Waals surface area contributed by atoms with Gasteiger partial charge in [-0.15, -0.1) is 11.3 Å². The van der Waals surface area contributed by atoms with Gasteiger partial charge in [0.1, 0.15) is 0 Å². The minimum Gasteiger partial charge on any atom is -0.397 e. The number of benzene rings is 2. The summed E-state index contributed by atoms with van der Waals surface area (Å²) in [5, 5.41) is 6.04. The summed E-state index contributed by atoms with van der Waals surface area (Å²) in [5.41, 5.74) is 8.12. The van der Waals surface area contributed by atoms with Crippen LogP contribution in [-0.4, -0.2) is 5.91 Å². The number of nitrogens with one attached hydrogen (secondary N) is 1. The Labute approximate surface area is 121 Å². The summed E-state index contributed by atoms with van der Waals surface area (Å²) < 4.78 is 1.20. The quantitative estimate of drug-likeness (QED) is 0.720. The van der Waals surface area contributed by atoms with Crippen LogP contribution in [0.4, 0.5) is 11.4 Å². The van der Waals surface area contributed by atoms with Crippen LogP contribution >= 0.6 is 11.3 Å². The van der Waals surface area contributed by atoms with Gasteiger partial charge >= 0.3 is 0 Å². The van der Waals surface area contributed by atoms with Crippen LogP contribution in [0.3, 0.4) is 0 Å². The van der Waals surface area contributed by atoms with E-state index in [0.717, 1.165) is 10.9 Å². The van der Waals surface area contributed by atoms with Gasteiger partial charge in [0, 0.05) is 4.70 Å². The standard InChI is InChI=1S/C16H14N2OS/c17-13-6-2-3-7-14(13)18-16(19)9-11-10-20-15-8-4-1-5-12(11)15/h1-8,10H,9,17H2,(H,18,19). The summed E-state index contributed by atoms with van der Waals surface area (Å²) in [4.78, 5) is 12.1. The van der Waals surface area contributed by atoms with Gasteiger partial charge in [-0.05, 0) is 34.5 Å². The number of nitrogen functional groups attached to an aromatic ring is 1. The predicted octanol–water partition coefficient (Wildman–Crippen LogP) is 3.66. The van der Waals surface area contributed by atoms with Gasteiger partial charge in [0.25, 0.3) is 0 Å². The van der Waals surface area contributed by atoms with E-state index in [1.807, 2.05) is 35.7 Å².